The highest BCUT2D eigenvalue weighted by Crippen LogP contribution is 2.25. The molecule has 1 atom stereocenters. The van der Waals surface area contributed by atoms with E-state index in [0.29, 0.717) is 44.1 Å². The summed E-state index contributed by atoms with van der Waals surface area (Å²) in [4.78, 5) is 29.7. The number of hydrogen-bond donors (Lipinski definition) is 2. The van der Waals surface area contributed by atoms with Gasteiger partial charge in [-0.1, -0.05) is 34.1 Å². The van der Waals surface area contributed by atoms with E-state index >= 15 is 0 Å². The lowest BCUT2D eigenvalue weighted by atomic mass is 9.95. The quantitative estimate of drug-likeness (QED) is 0.265. The van der Waals surface area contributed by atoms with Gasteiger partial charge in [0.1, 0.15) is 18.2 Å². The number of amides is 1. The number of ketones is 1. The molecule has 10 heteroatoms. The number of methoxy groups -OCH3 is 1. The monoisotopic (exact) mass is 526 g/mol. The Bertz CT molecular complexity index is 1220. The molecular formula is C28H42N6O4. The van der Waals surface area contributed by atoms with Gasteiger partial charge in [-0.3, -0.25) is 14.0 Å². The highest BCUT2D eigenvalue weighted by atomic mass is 16.5. The average molecular weight is 527 g/mol. The maximum absolute atomic E-state index is 12.8. The summed E-state index contributed by atoms with van der Waals surface area (Å²) in [6.07, 6.45) is 3.43. The number of rotatable bonds is 16. The molecule has 10 nitrogen and oxygen atoms in total. The smallest absolute Gasteiger partial charge is 0.220 e. The summed E-state index contributed by atoms with van der Waals surface area (Å²) in [5, 5.41) is 14.9. The maximum Gasteiger partial charge on any atom is 0.220 e. The van der Waals surface area contributed by atoms with Crippen molar-refractivity contribution < 1.29 is 19.1 Å². The highest BCUT2D eigenvalue weighted by Gasteiger charge is 2.23. The molecule has 0 radical (unpaired) electrons. The number of Topliss-reactive ketones (excluding diaryl/α,β-unsaturated/α-hetero) is 1. The Morgan fingerprint density at radius 2 is 1.84 bits per heavy atom. The summed E-state index contributed by atoms with van der Waals surface area (Å²) >= 11 is 0. The number of aromatic nitrogens is 4. The third-order valence-electron chi connectivity index (χ3n) is 6.33. The van der Waals surface area contributed by atoms with Gasteiger partial charge in [0.15, 0.2) is 11.6 Å². The van der Waals surface area contributed by atoms with E-state index < -0.39 is 6.04 Å². The van der Waals surface area contributed by atoms with E-state index in [4.69, 9.17) is 14.5 Å². The molecule has 0 aliphatic heterocycles. The lowest BCUT2D eigenvalue weighted by Crippen LogP contribution is -2.44. The first-order chi connectivity index (χ1) is 18.2. The van der Waals surface area contributed by atoms with Crippen LogP contribution in [0, 0.1) is 18.8 Å². The Kier molecular flexibility index (Phi) is 10.8. The van der Waals surface area contributed by atoms with Crippen molar-refractivity contribution in [1.82, 2.24) is 24.9 Å². The molecule has 2 aromatic heterocycles. The van der Waals surface area contributed by atoms with E-state index in [-0.39, 0.29) is 23.5 Å². The van der Waals surface area contributed by atoms with E-state index in [0.717, 1.165) is 41.9 Å². The van der Waals surface area contributed by atoms with Crippen LogP contribution in [0.5, 0.6) is 5.75 Å². The first-order valence-corrected chi connectivity index (χ1v) is 13.5. The summed E-state index contributed by atoms with van der Waals surface area (Å²) in [5.74, 6) is 2.55. The van der Waals surface area contributed by atoms with E-state index in [1.54, 1.807) is 7.11 Å². The Morgan fingerprint density at radius 1 is 1.05 bits per heavy atom. The number of fused-ring (bicyclic) bond motifs is 3. The van der Waals surface area contributed by atoms with Crippen molar-refractivity contribution in [3.8, 4) is 5.75 Å². The molecule has 0 saturated carbocycles. The second kappa shape index (κ2) is 14.0. The molecule has 2 N–H and O–H groups in total. The van der Waals surface area contributed by atoms with Crippen LogP contribution in [0.4, 0.5) is 5.82 Å². The first-order valence-electron chi connectivity index (χ1n) is 13.5. The van der Waals surface area contributed by atoms with Crippen molar-refractivity contribution in [3.05, 3.63) is 24.0 Å². The number of ether oxygens (including phenoxy) is 2. The summed E-state index contributed by atoms with van der Waals surface area (Å²) < 4.78 is 12.8. The van der Waals surface area contributed by atoms with Crippen molar-refractivity contribution in [2.45, 2.75) is 72.8 Å². The van der Waals surface area contributed by atoms with E-state index in [1.165, 1.54) is 0 Å². The fraction of sp³-hybridized carbons (Fsp3) is 0.607. The van der Waals surface area contributed by atoms with Gasteiger partial charge in [0.2, 0.25) is 11.6 Å². The molecule has 1 aromatic carbocycles. The van der Waals surface area contributed by atoms with Gasteiger partial charge in [0.05, 0.1) is 23.7 Å². The number of benzene rings is 1. The zero-order chi connectivity index (χ0) is 27.7. The molecule has 1 amide bonds. The van der Waals surface area contributed by atoms with Gasteiger partial charge in [0.25, 0.3) is 0 Å². The van der Waals surface area contributed by atoms with Crippen LogP contribution in [-0.2, 0) is 14.3 Å². The van der Waals surface area contributed by atoms with Crippen LogP contribution in [0.1, 0.15) is 65.6 Å². The van der Waals surface area contributed by atoms with Crippen LogP contribution in [0.15, 0.2) is 18.2 Å². The van der Waals surface area contributed by atoms with Crippen LogP contribution in [0.3, 0.4) is 0 Å². The molecule has 38 heavy (non-hydrogen) atoms. The minimum absolute atomic E-state index is 0.0529. The zero-order valence-electron chi connectivity index (χ0n) is 23.5. The summed E-state index contributed by atoms with van der Waals surface area (Å²) in [6, 6.07) is 5.36. The van der Waals surface area contributed by atoms with E-state index in [1.807, 2.05) is 57.2 Å². The van der Waals surface area contributed by atoms with Gasteiger partial charge >= 0.3 is 0 Å². The summed E-state index contributed by atoms with van der Waals surface area (Å²) in [7, 11) is 1.64. The van der Waals surface area contributed by atoms with E-state index in [2.05, 4.69) is 20.8 Å². The Hall–Kier alpha value is -3.27. The second-order valence-corrected chi connectivity index (χ2v) is 10.4. The molecule has 0 unspecified atom stereocenters. The van der Waals surface area contributed by atoms with Crippen molar-refractivity contribution >= 4 is 34.2 Å². The molecule has 208 valence electrons. The third kappa shape index (κ3) is 7.86. The number of anilines is 1. The highest BCUT2D eigenvalue weighted by molar-refractivity contribution is 5.89. The lowest BCUT2D eigenvalue weighted by molar-refractivity contribution is -0.129. The molecule has 0 saturated heterocycles. The number of carbonyl (C=O) groups is 2. The van der Waals surface area contributed by atoms with Crippen molar-refractivity contribution in [1.29, 1.82) is 0 Å². The van der Waals surface area contributed by atoms with Gasteiger partial charge in [-0.25, -0.2) is 4.98 Å². The Morgan fingerprint density at radius 3 is 2.55 bits per heavy atom. The Balaban J connectivity index is 1.56. The van der Waals surface area contributed by atoms with Gasteiger partial charge in [-0.05, 0) is 43.7 Å². The normalized spacial score (nSPS) is 12.4. The van der Waals surface area contributed by atoms with Gasteiger partial charge in [-0.15, -0.1) is 10.2 Å². The minimum Gasteiger partial charge on any atom is -0.491 e. The van der Waals surface area contributed by atoms with Gasteiger partial charge in [-0.2, -0.15) is 0 Å². The molecule has 3 rings (SSSR count). The summed E-state index contributed by atoms with van der Waals surface area (Å²) in [6.45, 7) is 11.5. The first kappa shape index (κ1) is 29.3. The summed E-state index contributed by atoms with van der Waals surface area (Å²) in [5.41, 5.74) is 2.36. The molecule has 0 bridgehead atoms. The largest absolute Gasteiger partial charge is 0.491 e. The van der Waals surface area contributed by atoms with Crippen LogP contribution in [0.25, 0.3) is 16.7 Å². The number of nitrogens with zero attached hydrogens (tertiary/aromatic N) is 4. The number of unbranched alkanes of at least 4 members (excludes halogenated alkanes) is 2. The average Bonchev–Trinajstić information content (AvgIpc) is 3.25. The van der Waals surface area contributed by atoms with Gasteiger partial charge in [0, 0.05) is 32.6 Å². The van der Waals surface area contributed by atoms with Crippen LogP contribution < -0.4 is 15.4 Å². The topological polar surface area (TPSA) is 120 Å². The van der Waals surface area contributed by atoms with E-state index in [9.17, 15) is 9.59 Å². The van der Waals surface area contributed by atoms with Crippen molar-refractivity contribution in [3.63, 3.8) is 0 Å². The standard InChI is InChI=1S/C28H42N6O4/c1-18(2)16-25(36)31-26(19(3)4)24(35)10-8-7-9-13-29-27-28-33-32-20(5)34(28)23-12-11-21(17-22(23)30-27)38-15-14-37-6/h11-12,17-19,26H,7-10,13-16H2,1-6H3,(H,29,30)(H,31,36)/t26-/m0/s1. The SMILES string of the molecule is COCCOc1ccc2c(c1)nc(NCCCCCC(=O)[C@@H](NC(=O)CC(C)C)C(C)C)c1nnc(C)n12. The number of hydrogen-bond acceptors (Lipinski definition) is 8. The molecule has 2 heterocycles. The molecular weight excluding hydrogens is 484 g/mol. The fourth-order valence-corrected chi connectivity index (χ4v) is 4.39. The minimum atomic E-state index is -0.422. The van der Waals surface area contributed by atoms with Crippen molar-refractivity contribution in [2.24, 2.45) is 11.8 Å². The number of aryl methyl sites for hydroxylation is 1. The number of carbonyl (C=O) groups excluding carboxylic acids is 2. The van der Waals surface area contributed by atoms with Crippen LogP contribution >= 0.6 is 0 Å². The van der Waals surface area contributed by atoms with Crippen LogP contribution in [-0.4, -0.2) is 64.2 Å². The number of nitrogens with one attached hydrogen (secondary N) is 2. The molecule has 0 aliphatic rings. The predicted molar refractivity (Wildman–Crippen MR) is 149 cm³/mol. The molecule has 0 aliphatic carbocycles. The fourth-order valence-electron chi connectivity index (χ4n) is 4.39. The lowest BCUT2D eigenvalue weighted by Gasteiger charge is -2.21. The zero-order valence-corrected chi connectivity index (χ0v) is 23.5. The van der Waals surface area contributed by atoms with Gasteiger partial charge < -0.3 is 20.1 Å². The maximum atomic E-state index is 12.8. The van der Waals surface area contributed by atoms with Crippen LogP contribution in [0.2, 0.25) is 0 Å². The Labute approximate surface area is 224 Å². The molecule has 3 aromatic rings. The molecule has 0 spiro atoms. The third-order valence-corrected chi connectivity index (χ3v) is 6.33. The predicted octanol–water partition coefficient (Wildman–Crippen LogP) is 4.34. The second-order valence-electron chi connectivity index (χ2n) is 10.4. The van der Waals surface area contributed by atoms with Crippen molar-refractivity contribution in [2.75, 3.05) is 32.2 Å². The molecule has 0 fully saturated rings.